The predicted octanol–water partition coefficient (Wildman–Crippen LogP) is 1.75. The Bertz CT molecular complexity index is 724. The van der Waals surface area contributed by atoms with E-state index in [0.717, 1.165) is 16.1 Å². The Morgan fingerprint density at radius 2 is 2.17 bits per heavy atom. The molecular weight excluding hydrogens is 312 g/mol. The Labute approximate surface area is 138 Å². The monoisotopic (exact) mass is 332 g/mol. The van der Waals surface area contributed by atoms with Gasteiger partial charge in [-0.2, -0.15) is 5.10 Å². The van der Waals surface area contributed by atoms with Crippen LogP contribution in [0.2, 0.25) is 0 Å². The summed E-state index contributed by atoms with van der Waals surface area (Å²) in [5, 5.41) is 12.1. The molecule has 2 N–H and O–H groups in total. The first-order chi connectivity index (χ1) is 10.9. The van der Waals surface area contributed by atoms with Crippen molar-refractivity contribution in [3.05, 3.63) is 39.3 Å². The zero-order valence-corrected chi connectivity index (χ0v) is 14.2. The Morgan fingerprint density at radius 3 is 2.78 bits per heavy atom. The molecule has 122 valence electrons. The van der Waals surface area contributed by atoms with Gasteiger partial charge in [0.1, 0.15) is 5.69 Å². The number of carbonyl (C=O) groups excluding carboxylic acids is 2. The molecule has 0 radical (unpaired) electrons. The summed E-state index contributed by atoms with van der Waals surface area (Å²) in [6.45, 7) is 6.37. The van der Waals surface area contributed by atoms with E-state index >= 15 is 0 Å². The van der Waals surface area contributed by atoms with Crippen LogP contribution in [0, 0.1) is 6.92 Å². The van der Waals surface area contributed by atoms with Crippen LogP contribution in [0.15, 0.2) is 17.5 Å². The summed E-state index contributed by atoms with van der Waals surface area (Å²) in [6, 6.07) is 3.85. The lowest BCUT2D eigenvalue weighted by Crippen LogP contribution is -2.36. The van der Waals surface area contributed by atoms with Gasteiger partial charge < -0.3 is 10.6 Å². The molecule has 0 unspecified atom stereocenters. The summed E-state index contributed by atoms with van der Waals surface area (Å²) < 4.78 is 1.81. The maximum absolute atomic E-state index is 12.3. The topological polar surface area (TPSA) is 76.0 Å². The number of rotatable bonds is 4. The minimum atomic E-state index is -0.156. The van der Waals surface area contributed by atoms with Crippen LogP contribution >= 0.6 is 11.3 Å². The Hall–Kier alpha value is -2.15. The molecule has 7 heteroatoms. The molecule has 0 bridgehead atoms. The standard InChI is InChI=1S/C16H20N4O2S/c1-9(2)17-15(21)13-7-12-6-11(8-20(12)19-13)18-16(22)14-10(3)4-5-23-14/h4-5,7,9,11H,6,8H2,1-3H3,(H,17,21)(H,18,22)/t11-/m0/s1. The molecule has 0 fully saturated rings. The Balaban J connectivity index is 1.62. The second kappa shape index (κ2) is 6.16. The third-order valence-electron chi connectivity index (χ3n) is 3.77. The number of fused-ring (bicyclic) bond motifs is 1. The highest BCUT2D eigenvalue weighted by atomic mass is 32.1. The fraction of sp³-hybridized carbons (Fsp3) is 0.438. The zero-order chi connectivity index (χ0) is 16.6. The molecule has 3 rings (SSSR count). The number of carbonyl (C=O) groups is 2. The second-order valence-corrected chi connectivity index (χ2v) is 7.05. The van der Waals surface area contributed by atoms with Crippen molar-refractivity contribution in [3.63, 3.8) is 0 Å². The third kappa shape index (κ3) is 3.29. The molecule has 1 aliphatic rings. The molecule has 2 aromatic rings. The molecule has 2 amide bonds. The van der Waals surface area contributed by atoms with E-state index in [2.05, 4.69) is 15.7 Å². The molecule has 1 atom stereocenters. The van der Waals surface area contributed by atoms with Gasteiger partial charge in [0.05, 0.1) is 17.5 Å². The summed E-state index contributed by atoms with van der Waals surface area (Å²) >= 11 is 1.45. The smallest absolute Gasteiger partial charge is 0.271 e. The fourth-order valence-electron chi connectivity index (χ4n) is 2.70. The molecule has 0 spiro atoms. The first-order valence-electron chi connectivity index (χ1n) is 7.66. The maximum Gasteiger partial charge on any atom is 0.271 e. The van der Waals surface area contributed by atoms with Gasteiger partial charge in [-0.25, -0.2) is 0 Å². The molecule has 0 aliphatic carbocycles. The lowest BCUT2D eigenvalue weighted by atomic mass is 10.2. The van der Waals surface area contributed by atoms with E-state index in [9.17, 15) is 9.59 Å². The number of aromatic nitrogens is 2. The van der Waals surface area contributed by atoms with Crippen LogP contribution in [-0.2, 0) is 13.0 Å². The summed E-state index contributed by atoms with van der Waals surface area (Å²) in [5.74, 6) is -0.192. The molecule has 1 aliphatic heterocycles. The Kier molecular flexibility index (Phi) is 4.21. The van der Waals surface area contributed by atoms with Crippen molar-refractivity contribution < 1.29 is 9.59 Å². The van der Waals surface area contributed by atoms with Gasteiger partial charge in [0.25, 0.3) is 11.8 Å². The van der Waals surface area contributed by atoms with Gasteiger partial charge in [-0.1, -0.05) is 0 Å². The van der Waals surface area contributed by atoms with Gasteiger partial charge in [-0.3, -0.25) is 14.3 Å². The van der Waals surface area contributed by atoms with Crippen LogP contribution < -0.4 is 10.6 Å². The molecule has 2 aromatic heterocycles. The van der Waals surface area contributed by atoms with Crippen molar-refractivity contribution in [1.82, 2.24) is 20.4 Å². The SMILES string of the molecule is Cc1ccsc1C(=O)N[C@H]1Cc2cc(C(=O)NC(C)C)nn2C1. The molecule has 0 saturated heterocycles. The number of thiophene rings is 1. The van der Waals surface area contributed by atoms with Crippen molar-refractivity contribution in [2.75, 3.05) is 0 Å². The lowest BCUT2D eigenvalue weighted by Gasteiger charge is -2.11. The van der Waals surface area contributed by atoms with Gasteiger partial charge in [-0.05, 0) is 43.8 Å². The van der Waals surface area contributed by atoms with Crippen LogP contribution in [0.25, 0.3) is 0 Å². The largest absolute Gasteiger partial charge is 0.348 e. The fourth-order valence-corrected chi connectivity index (χ4v) is 3.53. The number of hydrogen-bond acceptors (Lipinski definition) is 4. The number of aryl methyl sites for hydroxylation is 1. The van der Waals surface area contributed by atoms with Crippen LogP contribution in [0.4, 0.5) is 0 Å². The van der Waals surface area contributed by atoms with E-state index in [1.807, 2.05) is 36.9 Å². The maximum atomic E-state index is 12.3. The van der Waals surface area contributed by atoms with Gasteiger partial charge >= 0.3 is 0 Å². The predicted molar refractivity (Wildman–Crippen MR) is 88.8 cm³/mol. The van der Waals surface area contributed by atoms with Gasteiger partial charge in [-0.15, -0.1) is 11.3 Å². The summed E-state index contributed by atoms with van der Waals surface area (Å²) in [6.07, 6.45) is 0.693. The second-order valence-electron chi connectivity index (χ2n) is 6.14. The number of hydrogen-bond donors (Lipinski definition) is 2. The van der Waals surface area contributed by atoms with Crippen molar-refractivity contribution in [2.45, 2.75) is 45.8 Å². The van der Waals surface area contributed by atoms with Gasteiger partial charge in [0.15, 0.2) is 0 Å². The highest BCUT2D eigenvalue weighted by molar-refractivity contribution is 7.12. The van der Waals surface area contributed by atoms with Crippen molar-refractivity contribution in [1.29, 1.82) is 0 Å². The van der Waals surface area contributed by atoms with E-state index in [4.69, 9.17) is 0 Å². The first kappa shape index (κ1) is 15.7. The van der Waals surface area contributed by atoms with Gasteiger partial charge in [0, 0.05) is 18.2 Å². The van der Waals surface area contributed by atoms with Crippen LogP contribution in [0.5, 0.6) is 0 Å². The average Bonchev–Trinajstić information content (AvgIpc) is 3.11. The quantitative estimate of drug-likeness (QED) is 0.895. The lowest BCUT2D eigenvalue weighted by molar-refractivity contribution is 0.0925. The summed E-state index contributed by atoms with van der Waals surface area (Å²) in [4.78, 5) is 25.0. The highest BCUT2D eigenvalue weighted by Gasteiger charge is 2.27. The normalized spacial score (nSPS) is 16.4. The number of amides is 2. The third-order valence-corrected chi connectivity index (χ3v) is 4.78. The summed E-state index contributed by atoms with van der Waals surface area (Å²) in [5.41, 5.74) is 2.41. The average molecular weight is 332 g/mol. The van der Waals surface area contributed by atoms with E-state index in [1.165, 1.54) is 11.3 Å². The van der Waals surface area contributed by atoms with Gasteiger partial charge in [0.2, 0.25) is 0 Å². The minimum absolute atomic E-state index is 0.0220. The highest BCUT2D eigenvalue weighted by Crippen LogP contribution is 2.19. The van der Waals surface area contributed by atoms with E-state index in [0.29, 0.717) is 18.7 Å². The molecule has 23 heavy (non-hydrogen) atoms. The van der Waals surface area contributed by atoms with Crippen molar-refractivity contribution in [3.8, 4) is 0 Å². The number of nitrogens with zero attached hydrogens (tertiary/aromatic N) is 2. The molecule has 0 aromatic carbocycles. The molecular formula is C16H20N4O2S. The molecule has 0 saturated carbocycles. The summed E-state index contributed by atoms with van der Waals surface area (Å²) in [7, 11) is 0. The van der Waals surface area contributed by atoms with Crippen LogP contribution in [-0.4, -0.2) is 33.7 Å². The number of nitrogens with one attached hydrogen (secondary N) is 2. The van der Waals surface area contributed by atoms with Crippen LogP contribution in [0.3, 0.4) is 0 Å². The van der Waals surface area contributed by atoms with E-state index in [-0.39, 0.29) is 23.9 Å². The zero-order valence-electron chi connectivity index (χ0n) is 13.4. The van der Waals surface area contributed by atoms with Crippen LogP contribution in [0.1, 0.15) is 45.3 Å². The molecule has 3 heterocycles. The minimum Gasteiger partial charge on any atom is -0.348 e. The van der Waals surface area contributed by atoms with Crippen molar-refractivity contribution >= 4 is 23.2 Å². The van der Waals surface area contributed by atoms with E-state index in [1.54, 1.807) is 6.07 Å². The first-order valence-corrected chi connectivity index (χ1v) is 8.54. The molecule has 6 nitrogen and oxygen atoms in total. The van der Waals surface area contributed by atoms with E-state index < -0.39 is 0 Å². The Morgan fingerprint density at radius 1 is 1.39 bits per heavy atom. The van der Waals surface area contributed by atoms with Crippen molar-refractivity contribution in [2.24, 2.45) is 0 Å².